The molecule has 0 aliphatic carbocycles. The van der Waals surface area contributed by atoms with Crippen LogP contribution in [0.3, 0.4) is 0 Å². The third kappa shape index (κ3) is 3.29. The molecule has 1 aliphatic rings. The Morgan fingerprint density at radius 2 is 2.22 bits per heavy atom. The van der Waals surface area contributed by atoms with Gasteiger partial charge in [0, 0.05) is 10.1 Å². The van der Waals surface area contributed by atoms with Gasteiger partial charge in [0.15, 0.2) is 5.17 Å². The van der Waals surface area contributed by atoms with E-state index in [-0.39, 0.29) is 0 Å². The fraction of sp³-hybridized carbons (Fsp3) is 0.643. The molecule has 0 amide bonds. The molecule has 100 valence electrons. The Balaban J connectivity index is 1.86. The lowest BCUT2D eigenvalue weighted by atomic mass is 9.99. The van der Waals surface area contributed by atoms with Crippen molar-refractivity contribution in [3.63, 3.8) is 0 Å². The molecule has 0 saturated heterocycles. The number of aliphatic imine (C=N–C) groups is 1. The molecule has 1 aromatic heterocycles. The van der Waals surface area contributed by atoms with Crippen molar-refractivity contribution in [1.82, 2.24) is 5.32 Å². The summed E-state index contributed by atoms with van der Waals surface area (Å²) in [5.41, 5.74) is 0. The predicted octanol–water partition coefficient (Wildman–Crippen LogP) is 4.31. The van der Waals surface area contributed by atoms with Crippen LogP contribution in [0.2, 0.25) is 0 Å². The van der Waals surface area contributed by atoms with E-state index >= 15 is 0 Å². The van der Waals surface area contributed by atoms with Crippen molar-refractivity contribution in [3.8, 4) is 0 Å². The third-order valence-corrected chi connectivity index (χ3v) is 5.92. The molecule has 4 heteroatoms. The monoisotopic (exact) mass is 282 g/mol. The summed E-state index contributed by atoms with van der Waals surface area (Å²) in [4.78, 5) is 6.04. The molecular weight excluding hydrogens is 260 g/mol. The van der Waals surface area contributed by atoms with Crippen LogP contribution in [0.25, 0.3) is 0 Å². The average molecular weight is 282 g/mol. The Labute approximate surface area is 118 Å². The second-order valence-corrected chi connectivity index (χ2v) is 6.97. The van der Waals surface area contributed by atoms with Crippen LogP contribution in [-0.2, 0) is 0 Å². The van der Waals surface area contributed by atoms with E-state index in [1.807, 2.05) is 11.8 Å². The molecule has 2 rings (SSSR count). The molecule has 0 bridgehead atoms. The molecular formula is C14H22N2S2. The normalized spacial score (nSPS) is 21.1. The van der Waals surface area contributed by atoms with E-state index in [9.17, 15) is 0 Å². The lowest BCUT2D eigenvalue weighted by molar-refractivity contribution is 0.479. The van der Waals surface area contributed by atoms with Gasteiger partial charge in [0.25, 0.3) is 0 Å². The molecule has 2 nitrogen and oxygen atoms in total. The maximum absolute atomic E-state index is 4.66. The van der Waals surface area contributed by atoms with Crippen molar-refractivity contribution in [2.75, 3.05) is 6.54 Å². The smallest absolute Gasteiger partial charge is 0.157 e. The van der Waals surface area contributed by atoms with E-state index in [0.29, 0.717) is 11.3 Å². The fourth-order valence-corrected chi connectivity index (χ4v) is 4.47. The quantitative estimate of drug-likeness (QED) is 0.870. The molecule has 1 aromatic rings. The van der Waals surface area contributed by atoms with E-state index in [4.69, 9.17) is 0 Å². The molecule has 0 radical (unpaired) electrons. The van der Waals surface area contributed by atoms with Crippen LogP contribution < -0.4 is 5.32 Å². The summed E-state index contributed by atoms with van der Waals surface area (Å²) < 4.78 is 0. The zero-order valence-electron chi connectivity index (χ0n) is 11.3. The standard InChI is InChI=1S/C14H22N2S2/c1-4-11(5-2)13-9-15-14(18-13)16-10(3)12-7-6-8-17-12/h6-8,10-11,13H,4-5,9H2,1-3H3,(H,15,16). The van der Waals surface area contributed by atoms with Gasteiger partial charge in [0.1, 0.15) is 0 Å². The van der Waals surface area contributed by atoms with Gasteiger partial charge in [-0.25, -0.2) is 0 Å². The topological polar surface area (TPSA) is 24.4 Å². The summed E-state index contributed by atoms with van der Waals surface area (Å²) in [6, 6.07) is 4.66. The van der Waals surface area contributed by atoms with Crippen molar-refractivity contribution >= 4 is 28.3 Å². The summed E-state index contributed by atoms with van der Waals surface area (Å²) in [7, 11) is 0. The summed E-state index contributed by atoms with van der Waals surface area (Å²) in [6.07, 6.45) is 2.52. The highest BCUT2D eigenvalue weighted by atomic mass is 32.2. The first kappa shape index (κ1) is 13.9. The van der Waals surface area contributed by atoms with E-state index < -0.39 is 0 Å². The highest BCUT2D eigenvalue weighted by molar-refractivity contribution is 8.14. The number of thiophene rings is 1. The van der Waals surface area contributed by atoms with Gasteiger partial charge in [0.2, 0.25) is 0 Å². The molecule has 2 unspecified atom stereocenters. The van der Waals surface area contributed by atoms with Gasteiger partial charge in [-0.15, -0.1) is 11.3 Å². The number of amidine groups is 1. The first-order valence-electron chi connectivity index (χ1n) is 6.75. The second-order valence-electron chi connectivity index (χ2n) is 4.76. The van der Waals surface area contributed by atoms with Gasteiger partial charge < -0.3 is 5.32 Å². The van der Waals surface area contributed by atoms with Crippen molar-refractivity contribution in [3.05, 3.63) is 22.4 Å². The highest BCUT2D eigenvalue weighted by Crippen LogP contribution is 2.31. The SMILES string of the molecule is CCC(CC)C1CN=C(NC(C)c2cccs2)S1. The molecule has 1 aliphatic heterocycles. The van der Waals surface area contributed by atoms with Crippen LogP contribution in [0.4, 0.5) is 0 Å². The van der Waals surface area contributed by atoms with Crippen LogP contribution in [0, 0.1) is 5.92 Å². The minimum atomic E-state index is 0.372. The van der Waals surface area contributed by atoms with Crippen LogP contribution in [0.5, 0.6) is 0 Å². The molecule has 0 fully saturated rings. The van der Waals surface area contributed by atoms with Gasteiger partial charge >= 0.3 is 0 Å². The third-order valence-electron chi connectivity index (χ3n) is 3.56. The first-order chi connectivity index (χ1) is 8.74. The Bertz CT molecular complexity index is 383. The summed E-state index contributed by atoms with van der Waals surface area (Å²) in [6.45, 7) is 7.76. The number of hydrogen-bond donors (Lipinski definition) is 1. The predicted molar refractivity (Wildman–Crippen MR) is 83.6 cm³/mol. The van der Waals surface area contributed by atoms with Crippen LogP contribution in [0.15, 0.2) is 22.5 Å². The number of nitrogens with zero attached hydrogens (tertiary/aromatic N) is 1. The van der Waals surface area contributed by atoms with Gasteiger partial charge in [-0.2, -0.15) is 0 Å². The van der Waals surface area contributed by atoms with Gasteiger partial charge in [-0.05, 0) is 24.3 Å². The van der Waals surface area contributed by atoms with Crippen molar-refractivity contribution in [2.45, 2.75) is 44.9 Å². The Morgan fingerprint density at radius 3 is 2.83 bits per heavy atom. The largest absolute Gasteiger partial charge is 0.358 e. The minimum Gasteiger partial charge on any atom is -0.358 e. The second kappa shape index (κ2) is 6.62. The summed E-state index contributed by atoms with van der Waals surface area (Å²) >= 11 is 3.74. The lowest BCUT2D eigenvalue weighted by Gasteiger charge is -2.19. The Morgan fingerprint density at radius 1 is 1.44 bits per heavy atom. The molecule has 0 spiro atoms. The molecule has 1 N–H and O–H groups in total. The fourth-order valence-electron chi connectivity index (χ4n) is 2.32. The van der Waals surface area contributed by atoms with E-state index in [2.05, 4.69) is 48.6 Å². The lowest BCUT2D eigenvalue weighted by Crippen LogP contribution is -2.24. The maximum Gasteiger partial charge on any atom is 0.157 e. The van der Waals surface area contributed by atoms with Crippen LogP contribution in [-0.4, -0.2) is 17.0 Å². The molecule has 0 aromatic carbocycles. The van der Waals surface area contributed by atoms with Crippen LogP contribution >= 0.6 is 23.1 Å². The number of nitrogens with one attached hydrogen (secondary N) is 1. The number of rotatable bonds is 5. The van der Waals surface area contributed by atoms with E-state index in [0.717, 1.165) is 17.6 Å². The number of thioether (sulfide) groups is 1. The molecule has 2 atom stereocenters. The zero-order valence-corrected chi connectivity index (χ0v) is 13.0. The average Bonchev–Trinajstić information content (AvgIpc) is 3.01. The molecule has 0 saturated carbocycles. The van der Waals surface area contributed by atoms with E-state index in [1.54, 1.807) is 11.3 Å². The van der Waals surface area contributed by atoms with Gasteiger partial charge in [-0.1, -0.05) is 44.5 Å². The molecule has 2 heterocycles. The molecule has 18 heavy (non-hydrogen) atoms. The van der Waals surface area contributed by atoms with Crippen molar-refractivity contribution < 1.29 is 0 Å². The van der Waals surface area contributed by atoms with E-state index in [1.165, 1.54) is 17.7 Å². The van der Waals surface area contributed by atoms with Gasteiger partial charge in [-0.3, -0.25) is 4.99 Å². The summed E-state index contributed by atoms with van der Waals surface area (Å²) in [5.74, 6) is 0.801. The zero-order chi connectivity index (χ0) is 13.0. The van der Waals surface area contributed by atoms with Crippen LogP contribution in [0.1, 0.15) is 44.5 Å². The first-order valence-corrected chi connectivity index (χ1v) is 8.51. The van der Waals surface area contributed by atoms with Crippen molar-refractivity contribution in [2.24, 2.45) is 10.9 Å². The van der Waals surface area contributed by atoms with Crippen molar-refractivity contribution in [1.29, 1.82) is 0 Å². The minimum absolute atomic E-state index is 0.372. The summed E-state index contributed by atoms with van der Waals surface area (Å²) in [5, 5.41) is 7.48. The maximum atomic E-state index is 4.66. The highest BCUT2D eigenvalue weighted by Gasteiger charge is 2.26. The van der Waals surface area contributed by atoms with Gasteiger partial charge in [0.05, 0.1) is 12.6 Å². The Hall–Kier alpha value is -0.480. The number of hydrogen-bond acceptors (Lipinski definition) is 4. The Kier molecular flexibility index (Phi) is 5.13.